The van der Waals surface area contributed by atoms with Crippen molar-refractivity contribution in [2.75, 3.05) is 17.2 Å². The van der Waals surface area contributed by atoms with Crippen LogP contribution in [0.25, 0.3) is 11.2 Å². The summed E-state index contributed by atoms with van der Waals surface area (Å²) in [5.74, 6) is 1.16. The largest absolute Gasteiger partial charge is 0.427 e. The van der Waals surface area contributed by atoms with Crippen molar-refractivity contribution in [3.8, 4) is 5.75 Å². The first-order valence-corrected chi connectivity index (χ1v) is 9.08. The average Bonchev–Trinajstić information content (AvgIpc) is 3.07. The van der Waals surface area contributed by atoms with Gasteiger partial charge in [-0.25, -0.2) is 4.68 Å². The number of carbonyl (C=O) groups is 1. The second-order valence-corrected chi connectivity index (χ2v) is 6.43. The summed E-state index contributed by atoms with van der Waals surface area (Å²) in [6.07, 6.45) is 0. The van der Waals surface area contributed by atoms with Gasteiger partial charge in [-0.1, -0.05) is 17.3 Å². The minimum atomic E-state index is -0.358. The average molecular weight is 384 g/mol. The molecule has 0 saturated heterocycles. The van der Waals surface area contributed by atoms with Gasteiger partial charge in [-0.2, -0.15) is 9.97 Å². The van der Waals surface area contributed by atoms with Crippen molar-refractivity contribution < 1.29 is 9.53 Å². The topological polar surface area (TPSA) is 133 Å². The van der Waals surface area contributed by atoms with Crippen molar-refractivity contribution in [3.05, 3.63) is 29.8 Å². The molecule has 0 radical (unpaired) electrons. The summed E-state index contributed by atoms with van der Waals surface area (Å²) in [6, 6.07) is 7.25. The van der Waals surface area contributed by atoms with Crippen molar-refractivity contribution in [1.82, 2.24) is 25.0 Å². The predicted molar refractivity (Wildman–Crippen MR) is 106 cm³/mol. The predicted octanol–water partition coefficient (Wildman–Crippen LogP) is 1.54. The highest BCUT2D eigenvalue weighted by Gasteiger charge is 2.14. The molecule has 0 amide bonds. The molecule has 10 nitrogen and oxygen atoms in total. The van der Waals surface area contributed by atoms with E-state index in [0.717, 1.165) is 5.56 Å². The number of nitrogens with one attached hydrogen (secondary N) is 2. The lowest BCUT2D eigenvalue weighted by Gasteiger charge is -2.11. The van der Waals surface area contributed by atoms with Gasteiger partial charge in [-0.05, 0) is 31.5 Å². The SMILES string of the molecule is CCn1nnc2c(NCc3cccc(OC(C)=O)c3)nc(NCC(C)N)nc21. The van der Waals surface area contributed by atoms with Crippen molar-refractivity contribution in [3.63, 3.8) is 0 Å². The number of aryl methyl sites for hydroxylation is 1. The first kappa shape index (κ1) is 19.5. The van der Waals surface area contributed by atoms with E-state index in [1.165, 1.54) is 6.92 Å². The van der Waals surface area contributed by atoms with Gasteiger partial charge in [0.15, 0.2) is 17.0 Å². The summed E-state index contributed by atoms with van der Waals surface area (Å²) in [5, 5.41) is 14.7. The first-order valence-electron chi connectivity index (χ1n) is 9.08. The van der Waals surface area contributed by atoms with E-state index in [9.17, 15) is 4.79 Å². The summed E-state index contributed by atoms with van der Waals surface area (Å²) >= 11 is 0. The van der Waals surface area contributed by atoms with E-state index in [-0.39, 0.29) is 12.0 Å². The highest BCUT2D eigenvalue weighted by atomic mass is 16.5. The van der Waals surface area contributed by atoms with Crippen molar-refractivity contribution in [2.24, 2.45) is 5.73 Å². The molecule has 10 heteroatoms. The van der Waals surface area contributed by atoms with E-state index in [0.29, 0.717) is 48.3 Å². The Labute approximate surface area is 162 Å². The molecule has 2 heterocycles. The third kappa shape index (κ3) is 4.71. The number of nitrogens with two attached hydrogens (primary N) is 1. The second kappa shape index (κ2) is 8.61. The fourth-order valence-electron chi connectivity index (χ4n) is 2.59. The zero-order valence-electron chi connectivity index (χ0n) is 16.1. The molecule has 0 aliphatic rings. The molecule has 0 fully saturated rings. The van der Waals surface area contributed by atoms with Gasteiger partial charge in [-0.15, -0.1) is 5.10 Å². The molecular weight excluding hydrogens is 360 g/mol. The molecule has 0 bridgehead atoms. The van der Waals surface area contributed by atoms with Gasteiger partial charge in [-0.3, -0.25) is 4.79 Å². The molecule has 0 spiro atoms. The number of benzene rings is 1. The number of esters is 1. The van der Waals surface area contributed by atoms with Crippen LogP contribution < -0.4 is 21.1 Å². The summed E-state index contributed by atoms with van der Waals surface area (Å²) in [6.45, 7) is 6.90. The quantitative estimate of drug-likeness (QED) is 0.390. The molecule has 2 aromatic heterocycles. The van der Waals surface area contributed by atoms with E-state index in [2.05, 4.69) is 30.9 Å². The van der Waals surface area contributed by atoms with Crippen LogP contribution in [0.4, 0.5) is 11.8 Å². The lowest BCUT2D eigenvalue weighted by atomic mass is 10.2. The van der Waals surface area contributed by atoms with Crippen LogP contribution in [0.5, 0.6) is 5.75 Å². The van der Waals surface area contributed by atoms with Crippen LogP contribution in [0, 0.1) is 0 Å². The number of fused-ring (bicyclic) bond motifs is 1. The molecule has 0 aliphatic carbocycles. The minimum absolute atomic E-state index is 0.0334. The number of carbonyl (C=O) groups excluding carboxylic acids is 1. The molecule has 1 atom stereocenters. The lowest BCUT2D eigenvalue weighted by Crippen LogP contribution is -2.26. The number of aromatic nitrogens is 5. The van der Waals surface area contributed by atoms with Crippen molar-refractivity contribution in [1.29, 1.82) is 0 Å². The molecule has 3 aromatic rings. The van der Waals surface area contributed by atoms with Crippen molar-refractivity contribution in [2.45, 2.75) is 39.9 Å². The third-order valence-electron chi connectivity index (χ3n) is 3.86. The molecule has 148 valence electrons. The Morgan fingerprint density at radius 3 is 2.86 bits per heavy atom. The third-order valence-corrected chi connectivity index (χ3v) is 3.86. The second-order valence-electron chi connectivity index (χ2n) is 6.43. The van der Waals surface area contributed by atoms with Crippen LogP contribution >= 0.6 is 0 Å². The monoisotopic (exact) mass is 384 g/mol. The van der Waals surface area contributed by atoms with E-state index in [4.69, 9.17) is 10.5 Å². The Kier molecular flexibility index (Phi) is 5.99. The van der Waals surface area contributed by atoms with Gasteiger partial charge in [0.05, 0.1) is 0 Å². The van der Waals surface area contributed by atoms with E-state index >= 15 is 0 Å². The maximum absolute atomic E-state index is 11.1. The Hall–Kier alpha value is -3.27. The summed E-state index contributed by atoms with van der Waals surface area (Å²) in [5.41, 5.74) is 7.97. The van der Waals surface area contributed by atoms with Crippen LogP contribution in [0.15, 0.2) is 24.3 Å². The van der Waals surface area contributed by atoms with Gasteiger partial charge in [0.2, 0.25) is 5.95 Å². The van der Waals surface area contributed by atoms with Crippen LogP contribution in [-0.4, -0.2) is 43.5 Å². The Balaban J connectivity index is 1.85. The molecule has 3 rings (SSSR count). The fourth-order valence-corrected chi connectivity index (χ4v) is 2.59. The Bertz CT molecular complexity index is 969. The number of rotatable bonds is 8. The molecule has 1 unspecified atom stereocenters. The van der Waals surface area contributed by atoms with E-state index < -0.39 is 0 Å². The highest BCUT2D eigenvalue weighted by molar-refractivity contribution is 5.83. The molecular formula is C18H24N8O2. The van der Waals surface area contributed by atoms with E-state index in [1.807, 2.05) is 26.0 Å². The molecule has 4 N–H and O–H groups in total. The molecule has 0 saturated carbocycles. The summed E-state index contributed by atoms with van der Waals surface area (Å²) in [7, 11) is 0. The Morgan fingerprint density at radius 1 is 1.32 bits per heavy atom. The van der Waals surface area contributed by atoms with Crippen LogP contribution in [-0.2, 0) is 17.9 Å². The van der Waals surface area contributed by atoms with E-state index in [1.54, 1.807) is 16.8 Å². The number of nitrogens with zero attached hydrogens (tertiary/aromatic N) is 5. The normalized spacial score (nSPS) is 12.0. The van der Waals surface area contributed by atoms with Gasteiger partial charge in [0.25, 0.3) is 0 Å². The number of hydrogen-bond acceptors (Lipinski definition) is 9. The number of hydrogen-bond donors (Lipinski definition) is 3. The summed E-state index contributed by atoms with van der Waals surface area (Å²) < 4.78 is 6.84. The number of anilines is 2. The van der Waals surface area contributed by atoms with Crippen LogP contribution in [0.2, 0.25) is 0 Å². The standard InChI is InChI=1S/C18H24N8O2/c1-4-26-17-15(24-25-26)16(22-18(23-17)21-9-11(2)19)20-10-13-6-5-7-14(8-13)28-12(3)27/h5-8,11H,4,9-10,19H2,1-3H3,(H2,20,21,22,23). The Morgan fingerprint density at radius 2 is 2.14 bits per heavy atom. The first-order chi connectivity index (χ1) is 13.5. The highest BCUT2D eigenvalue weighted by Crippen LogP contribution is 2.21. The zero-order chi connectivity index (χ0) is 20.1. The molecule has 0 aliphatic heterocycles. The van der Waals surface area contributed by atoms with Crippen LogP contribution in [0.1, 0.15) is 26.3 Å². The number of ether oxygens (including phenoxy) is 1. The van der Waals surface area contributed by atoms with Crippen LogP contribution in [0.3, 0.4) is 0 Å². The lowest BCUT2D eigenvalue weighted by molar-refractivity contribution is -0.131. The van der Waals surface area contributed by atoms with Crippen molar-refractivity contribution >= 4 is 28.9 Å². The van der Waals surface area contributed by atoms with Gasteiger partial charge in [0.1, 0.15) is 5.75 Å². The smallest absolute Gasteiger partial charge is 0.308 e. The summed E-state index contributed by atoms with van der Waals surface area (Å²) in [4.78, 5) is 20.2. The maximum atomic E-state index is 11.1. The molecule has 28 heavy (non-hydrogen) atoms. The van der Waals surface area contributed by atoms with Gasteiger partial charge in [0, 0.05) is 32.6 Å². The van der Waals surface area contributed by atoms with Gasteiger partial charge >= 0.3 is 5.97 Å². The maximum Gasteiger partial charge on any atom is 0.308 e. The minimum Gasteiger partial charge on any atom is -0.427 e. The fraction of sp³-hybridized carbons (Fsp3) is 0.389. The zero-order valence-corrected chi connectivity index (χ0v) is 16.1. The van der Waals surface area contributed by atoms with Gasteiger partial charge < -0.3 is 21.1 Å². The molecule has 1 aromatic carbocycles.